The van der Waals surface area contributed by atoms with Gasteiger partial charge in [-0.2, -0.15) is 4.72 Å². The number of likely N-dealkylation sites (tertiary alicyclic amines) is 1. The van der Waals surface area contributed by atoms with Gasteiger partial charge in [-0.3, -0.25) is 4.79 Å². The lowest BCUT2D eigenvalue weighted by Gasteiger charge is -2.21. The SMILES string of the molecule is COc1ccc(S(=O)(=O)N[C@@H](C)C(=O)N2CCCC2)cc1Cl. The zero-order valence-corrected chi connectivity index (χ0v) is 14.1. The molecule has 1 heterocycles. The van der Waals surface area contributed by atoms with Crippen LogP contribution >= 0.6 is 11.6 Å². The standard InChI is InChI=1S/C14H19ClN2O4S/c1-10(14(18)17-7-3-4-8-17)16-22(19,20)11-5-6-13(21-2)12(15)9-11/h5-6,9-10,16H,3-4,7-8H2,1-2H3/t10-/m0/s1. The Labute approximate surface area is 135 Å². The molecular formula is C14H19ClN2O4S. The molecule has 0 saturated carbocycles. The Bertz CT molecular complexity index is 657. The summed E-state index contributed by atoms with van der Waals surface area (Å²) in [6.07, 6.45) is 1.92. The van der Waals surface area contributed by atoms with Gasteiger partial charge >= 0.3 is 0 Å². The maximum atomic E-state index is 12.3. The Morgan fingerprint density at radius 3 is 2.55 bits per heavy atom. The van der Waals surface area contributed by atoms with Crippen molar-refractivity contribution in [2.24, 2.45) is 0 Å². The lowest BCUT2D eigenvalue weighted by atomic mass is 10.3. The summed E-state index contributed by atoms with van der Waals surface area (Å²) in [6.45, 7) is 2.90. The first-order chi connectivity index (χ1) is 10.3. The number of hydrogen-bond donors (Lipinski definition) is 1. The maximum absolute atomic E-state index is 12.3. The summed E-state index contributed by atoms with van der Waals surface area (Å²) in [5, 5.41) is 0.198. The molecule has 1 aromatic rings. The summed E-state index contributed by atoms with van der Waals surface area (Å²) in [6, 6.07) is 3.35. The molecule has 0 aromatic heterocycles. The molecule has 1 fully saturated rings. The number of sulfonamides is 1. The van der Waals surface area contributed by atoms with E-state index >= 15 is 0 Å². The fraction of sp³-hybridized carbons (Fsp3) is 0.500. The Morgan fingerprint density at radius 2 is 2.00 bits per heavy atom. The third-order valence-electron chi connectivity index (χ3n) is 3.55. The highest BCUT2D eigenvalue weighted by Crippen LogP contribution is 2.27. The average Bonchev–Trinajstić information content (AvgIpc) is 3.00. The molecule has 122 valence electrons. The molecule has 0 unspecified atom stereocenters. The molecule has 6 nitrogen and oxygen atoms in total. The van der Waals surface area contributed by atoms with Crippen LogP contribution in [0.4, 0.5) is 0 Å². The van der Waals surface area contributed by atoms with Crippen LogP contribution in [0, 0.1) is 0 Å². The first kappa shape index (κ1) is 17.1. The van der Waals surface area contributed by atoms with E-state index in [9.17, 15) is 13.2 Å². The molecule has 1 amide bonds. The molecule has 1 N–H and O–H groups in total. The van der Waals surface area contributed by atoms with E-state index in [2.05, 4.69) is 4.72 Å². The van der Waals surface area contributed by atoms with Crippen LogP contribution in [0.5, 0.6) is 5.75 Å². The second-order valence-electron chi connectivity index (χ2n) is 5.17. The minimum atomic E-state index is -3.82. The van der Waals surface area contributed by atoms with Crippen LogP contribution < -0.4 is 9.46 Å². The van der Waals surface area contributed by atoms with Gasteiger partial charge in [0.1, 0.15) is 5.75 Å². The Balaban J connectivity index is 2.13. The highest BCUT2D eigenvalue weighted by Gasteiger charge is 2.27. The van der Waals surface area contributed by atoms with Gasteiger partial charge in [-0.1, -0.05) is 11.6 Å². The minimum Gasteiger partial charge on any atom is -0.495 e. The minimum absolute atomic E-state index is 0.000582. The summed E-state index contributed by atoms with van der Waals surface area (Å²) >= 11 is 5.95. The van der Waals surface area contributed by atoms with Gasteiger partial charge in [0.2, 0.25) is 15.9 Å². The quantitative estimate of drug-likeness (QED) is 0.879. The second kappa shape index (κ2) is 6.85. The van der Waals surface area contributed by atoms with Crippen molar-refractivity contribution in [1.82, 2.24) is 9.62 Å². The van der Waals surface area contributed by atoms with Crippen LogP contribution in [0.2, 0.25) is 5.02 Å². The number of rotatable bonds is 5. The van der Waals surface area contributed by atoms with Crippen molar-refractivity contribution >= 4 is 27.5 Å². The van der Waals surface area contributed by atoms with E-state index in [1.165, 1.54) is 25.3 Å². The summed E-state index contributed by atoms with van der Waals surface area (Å²) < 4.78 is 32.1. The van der Waals surface area contributed by atoms with Crippen molar-refractivity contribution in [2.75, 3.05) is 20.2 Å². The molecule has 22 heavy (non-hydrogen) atoms. The molecule has 2 rings (SSSR count). The average molecular weight is 347 g/mol. The van der Waals surface area contributed by atoms with E-state index in [0.29, 0.717) is 18.8 Å². The van der Waals surface area contributed by atoms with Gasteiger partial charge in [-0.15, -0.1) is 0 Å². The van der Waals surface area contributed by atoms with Crippen molar-refractivity contribution in [3.63, 3.8) is 0 Å². The monoisotopic (exact) mass is 346 g/mol. The number of carbonyl (C=O) groups excluding carboxylic acids is 1. The molecule has 1 aliphatic rings. The number of methoxy groups -OCH3 is 1. The maximum Gasteiger partial charge on any atom is 0.241 e. The Morgan fingerprint density at radius 1 is 1.36 bits per heavy atom. The van der Waals surface area contributed by atoms with E-state index in [-0.39, 0.29) is 15.8 Å². The van der Waals surface area contributed by atoms with Gasteiger partial charge in [-0.05, 0) is 38.0 Å². The summed E-state index contributed by atoms with van der Waals surface area (Å²) in [5.74, 6) is 0.183. The molecule has 1 aromatic carbocycles. The summed E-state index contributed by atoms with van der Waals surface area (Å²) in [4.78, 5) is 13.8. The van der Waals surface area contributed by atoms with Crippen LogP contribution in [0.1, 0.15) is 19.8 Å². The van der Waals surface area contributed by atoms with E-state index in [1.807, 2.05) is 0 Å². The predicted octanol–water partition coefficient (Wildman–Crippen LogP) is 1.64. The lowest BCUT2D eigenvalue weighted by molar-refractivity contribution is -0.131. The van der Waals surface area contributed by atoms with Crippen molar-refractivity contribution in [3.05, 3.63) is 23.2 Å². The van der Waals surface area contributed by atoms with Crippen LogP contribution in [0.15, 0.2) is 23.1 Å². The topological polar surface area (TPSA) is 75.7 Å². The molecular weight excluding hydrogens is 328 g/mol. The van der Waals surface area contributed by atoms with Crippen LogP contribution in [0.3, 0.4) is 0 Å². The van der Waals surface area contributed by atoms with Gasteiger partial charge in [0.15, 0.2) is 0 Å². The first-order valence-corrected chi connectivity index (χ1v) is 8.86. The van der Waals surface area contributed by atoms with Crippen molar-refractivity contribution in [1.29, 1.82) is 0 Å². The fourth-order valence-corrected chi connectivity index (χ4v) is 3.92. The van der Waals surface area contributed by atoms with Crippen molar-refractivity contribution < 1.29 is 17.9 Å². The van der Waals surface area contributed by atoms with E-state index < -0.39 is 16.1 Å². The zero-order chi connectivity index (χ0) is 16.3. The number of benzene rings is 1. The normalized spacial score (nSPS) is 16.6. The second-order valence-corrected chi connectivity index (χ2v) is 7.29. The molecule has 1 atom stereocenters. The first-order valence-electron chi connectivity index (χ1n) is 7.00. The number of halogens is 1. The van der Waals surface area contributed by atoms with Gasteiger partial charge < -0.3 is 9.64 Å². The zero-order valence-electron chi connectivity index (χ0n) is 12.5. The lowest BCUT2D eigenvalue weighted by Crippen LogP contribution is -2.45. The van der Waals surface area contributed by atoms with Gasteiger partial charge in [0, 0.05) is 13.1 Å². The van der Waals surface area contributed by atoms with E-state index in [1.54, 1.807) is 11.8 Å². The third kappa shape index (κ3) is 3.71. The Hall–Kier alpha value is -1.31. The fourth-order valence-electron chi connectivity index (χ4n) is 2.38. The number of amides is 1. The summed E-state index contributed by atoms with van der Waals surface area (Å²) in [7, 11) is -2.37. The van der Waals surface area contributed by atoms with Gasteiger partial charge in [0.25, 0.3) is 0 Å². The van der Waals surface area contributed by atoms with Crippen molar-refractivity contribution in [2.45, 2.75) is 30.7 Å². The smallest absolute Gasteiger partial charge is 0.241 e. The summed E-state index contributed by atoms with van der Waals surface area (Å²) in [5.41, 5.74) is 0. The largest absolute Gasteiger partial charge is 0.495 e. The predicted molar refractivity (Wildman–Crippen MR) is 83.6 cm³/mol. The number of ether oxygens (including phenoxy) is 1. The van der Waals surface area contributed by atoms with Crippen molar-refractivity contribution in [3.8, 4) is 5.75 Å². The molecule has 8 heteroatoms. The molecule has 1 aliphatic heterocycles. The van der Waals surface area contributed by atoms with Gasteiger partial charge in [-0.25, -0.2) is 8.42 Å². The highest BCUT2D eigenvalue weighted by atomic mass is 35.5. The number of nitrogens with zero attached hydrogens (tertiary/aromatic N) is 1. The van der Waals surface area contributed by atoms with E-state index in [4.69, 9.17) is 16.3 Å². The molecule has 1 saturated heterocycles. The third-order valence-corrected chi connectivity index (χ3v) is 5.39. The molecule has 0 aliphatic carbocycles. The molecule has 0 spiro atoms. The van der Waals surface area contributed by atoms with Crippen LogP contribution in [-0.4, -0.2) is 45.5 Å². The number of hydrogen-bond acceptors (Lipinski definition) is 4. The number of carbonyl (C=O) groups is 1. The van der Waals surface area contributed by atoms with Crippen LogP contribution in [-0.2, 0) is 14.8 Å². The van der Waals surface area contributed by atoms with E-state index in [0.717, 1.165) is 12.8 Å². The molecule has 0 bridgehead atoms. The number of nitrogens with one attached hydrogen (secondary N) is 1. The van der Waals surface area contributed by atoms with Gasteiger partial charge in [0.05, 0.1) is 23.1 Å². The van der Waals surface area contributed by atoms with Crippen LogP contribution in [0.25, 0.3) is 0 Å². The Kier molecular flexibility index (Phi) is 5.31. The highest BCUT2D eigenvalue weighted by molar-refractivity contribution is 7.89. The molecule has 0 radical (unpaired) electrons.